The van der Waals surface area contributed by atoms with Gasteiger partial charge in [0.2, 0.25) is 5.79 Å². The Morgan fingerprint density at radius 1 is 1.11 bits per heavy atom. The molecule has 3 heterocycles. The van der Waals surface area contributed by atoms with Crippen molar-refractivity contribution >= 4 is 23.2 Å². The molecule has 35 heavy (non-hydrogen) atoms. The molecule has 8 nitrogen and oxygen atoms in total. The molecule has 0 spiro atoms. The number of ether oxygens (including phenoxy) is 3. The van der Waals surface area contributed by atoms with Crippen LogP contribution in [0.3, 0.4) is 0 Å². The highest BCUT2D eigenvalue weighted by Crippen LogP contribution is 2.40. The van der Waals surface area contributed by atoms with Gasteiger partial charge in [0.15, 0.2) is 0 Å². The molecular formula is C25H25Cl2N5O3. The van der Waals surface area contributed by atoms with Crippen LogP contribution < -0.4 is 4.74 Å². The third-order valence-corrected chi connectivity index (χ3v) is 6.35. The van der Waals surface area contributed by atoms with Gasteiger partial charge in [0, 0.05) is 22.7 Å². The highest BCUT2D eigenvalue weighted by atomic mass is 35.5. The standard InChI is InChI=1S/C25H25Cl2N5O3/c1-2-9-31-16-28-11-24(31)18-3-6-20(7-4-18)33-12-21-13-34-25(35-21,14-32-17-29-15-30-32)22-8-5-19(26)10-23(22)27/h3-8,10-11,15-17,21H,2,9,12-14H2,1H3. The molecule has 1 aliphatic heterocycles. The lowest BCUT2D eigenvalue weighted by Crippen LogP contribution is -2.35. The van der Waals surface area contributed by atoms with Crippen LogP contribution >= 0.6 is 23.2 Å². The molecule has 5 rings (SSSR count). The number of halogens is 2. The maximum absolute atomic E-state index is 6.52. The minimum atomic E-state index is -1.13. The van der Waals surface area contributed by atoms with Crippen LogP contribution in [0.5, 0.6) is 5.75 Å². The Balaban J connectivity index is 1.28. The molecule has 1 saturated heterocycles. The third kappa shape index (κ3) is 5.21. The molecule has 0 saturated carbocycles. The van der Waals surface area contributed by atoms with Gasteiger partial charge in [-0.2, -0.15) is 5.10 Å². The zero-order valence-corrected chi connectivity index (χ0v) is 20.7. The molecule has 10 heteroatoms. The molecule has 1 fully saturated rings. The number of rotatable bonds is 9. The summed E-state index contributed by atoms with van der Waals surface area (Å²) in [6.07, 6.45) is 7.55. The number of imidazole rings is 1. The van der Waals surface area contributed by atoms with E-state index in [2.05, 4.69) is 26.6 Å². The Morgan fingerprint density at radius 3 is 2.71 bits per heavy atom. The van der Waals surface area contributed by atoms with Crippen LogP contribution in [-0.4, -0.2) is 43.6 Å². The number of hydrogen-bond acceptors (Lipinski definition) is 6. The summed E-state index contributed by atoms with van der Waals surface area (Å²) >= 11 is 12.6. The van der Waals surface area contributed by atoms with Gasteiger partial charge in [-0.15, -0.1) is 0 Å². The van der Waals surface area contributed by atoms with E-state index in [4.69, 9.17) is 37.4 Å². The summed E-state index contributed by atoms with van der Waals surface area (Å²) in [6, 6.07) is 13.2. The Kier molecular flexibility index (Phi) is 7.06. The van der Waals surface area contributed by atoms with Crippen LogP contribution in [0.2, 0.25) is 10.0 Å². The van der Waals surface area contributed by atoms with Crippen molar-refractivity contribution in [1.82, 2.24) is 24.3 Å². The SMILES string of the molecule is CCCn1cncc1-c1ccc(OCC2COC(Cn3cncn3)(c3ccc(Cl)cc3Cl)O2)cc1. The minimum absolute atomic E-state index is 0.283. The summed E-state index contributed by atoms with van der Waals surface area (Å²) in [6.45, 7) is 4.02. The molecule has 0 radical (unpaired) electrons. The molecule has 1 aliphatic rings. The average molecular weight is 514 g/mol. The van der Waals surface area contributed by atoms with Crippen molar-refractivity contribution in [3.63, 3.8) is 0 Å². The van der Waals surface area contributed by atoms with Gasteiger partial charge in [0.1, 0.15) is 37.7 Å². The highest BCUT2D eigenvalue weighted by molar-refractivity contribution is 6.35. The molecule has 2 atom stereocenters. The van der Waals surface area contributed by atoms with Crippen LogP contribution in [0.4, 0.5) is 0 Å². The van der Waals surface area contributed by atoms with E-state index in [0.29, 0.717) is 28.8 Å². The largest absolute Gasteiger partial charge is 0.491 e. The molecule has 2 aromatic carbocycles. The Morgan fingerprint density at radius 2 is 1.97 bits per heavy atom. The van der Waals surface area contributed by atoms with Crippen LogP contribution in [-0.2, 0) is 28.4 Å². The average Bonchev–Trinajstić information content (AvgIpc) is 3.61. The number of benzene rings is 2. The van der Waals surface area contributed by atoms with Gasteiger partial charge in [-0.05, 0) is 42.8 Å². The molecule has 182 valence electrons. The summed E-state index contributed by atoms with van der Waals surface area (Å²) in [5.74, 6) is -0.387. The summed E-state index contributed by atoms with van der Waals surface area (Å²) in [5.41, 5.74) is 2.85. The summed E-state index contributed by atoms with van der Waals surface area (Å²) in [7, 11) is 0. The zero-order chi connectivity index (χ0) is 24.3. The van der Waals surface area contributed by atoms with Crippen LogP contribution in [0.1, 0.15) is 18.9 Å². The van der Waals surface area contributed by atoms with E-state index in [-0.39, 0.29) is 12.6 Å². The molecular weight excluding hydrogens is 489 g/mol. The molecule has 2 aromatic heterocycles. The van der Waals surface area contributed by atoms with Crippen LogP contribution in [0, 0.1) is 0 Å². The lowest BCUT2D eigenvalue weighted by Gasteiger charge is -2.29. The smallest absolute Gasteiger partial charge is 0.217 e. The second kappa shape index (κ2) is 10.4. The van der Waals surface area contributed by atoms with Crippen molar-refractivity contribution in [2.24, 2.45) is 0 Å². The molecule has 4 aromatic rings. The van der Waals surface area contributed by atoms with Gasteiger partial charge in [0.25, 0.3) is 0 Å². The topological polar surface area (TPSA) is 76.2 Å². The summed E-state index contributed by atoms with van der Waals surface area (Å²) in [4.78, 5) is 8.30. The van der Waals surface area contributed by atoms with Crippen molar-refractivity contribution in [2.75, 3.05) is 13.2 Å². The van der Waals surface area contributed by atoms with Gasteiger partial charge < -0.3 is 18.8 Å². The van der Waals surface area contributed by atoms with Crippen molar-refractivity contribution < 1.29 is 14.2 Å². The number of nitrogens with zero attached hydrogens (tertiary/aromatic N) is 5. The van der Waals surface area contributed by atoms with E-state index in [0.717, 1.165) is 30.0 Å². The van der Waals surface area contributed by atoms with E-state index in [1.165, 1.54) is 6.33 Å². The van der Waals surface area contributed by atoms with E-state index in [1.54, 1.807) is 23.1 Å². The first-order valence-corrected chi connectivity index (χ1v) is 12.1. The lowest BCUT2D eigenvalue weighted by molar-refractivity contribution is -0.190. The maximum Gasteiger partial charge on any atom is 0.217 e. The third-order valence-electron chi connectivity index (χ3n) is 5.80. The Hall–Kier alpha value is -2.91. The number of aromatic nitrogens is 5. The zero-order valence-electron chi connectivity index (χ0n) is 19.2. The monoisotopic (exact) mass is 513 g/mol. The van der Waals surface area contributed by atoms with Gasteiger partial charge >= 0.3 is 0 Å². The first-order valence-electron chi connectivity index (χ1n) is 11.4. The Bertz CT molecular complexity index is 1260. The van der Waals surface area contributed by atoms with Gasteiger partial charge in [0.05, 0.1) is 29.8 Å². The fraction of sp³-hybridized carbons (Fsp3) is 0.320. The van der Waals surface area contributed by atoms with Crippen molar-refractivity contribution in [2.45, 2.75) is 38.3 Å². The normalized spacial score (nSPS) is 19.8. The summed E-state index contributed by atoms with van der Waals surface area (Å²) < 4.78 is 22.4. The van der Waals surface area contributed by atoms with E-state index in [1.807, 2.05) is 42.9 Å². The number of hydrogen-bond donors (Lipinski definition) is 0. The van der Waals surface area contributed by atoms with Crippen molar-refractivity contribution in [3.05, 3.63) is 83.3 Å². The first-order chi connectivity index (χ1) is 17.1. The van der Waals surface area contributed by atoms with Gasteiger partial charge in [-0.1, -0.05) is 36.2 Å². The molecule has 0 aliphatic carbocycles. The predicted octanol–water partition coefficient (Wildman–Crippen LogP) is 5.21. The second-order valence-corrected chi connectivity index (χ2v) is 9.17. The second-order valence-electron chi connectivity index (χ2n) is 8.33. The minimum Gasteiger partial charge on any atom is -0.491 e. The van der Waals surface area contributed by atoms with E-state index < -0.39 is 5.79 Å². The van der Waals surface area contributed by atoms with Gasteiger partial charge in [-0.25, -0.2) is 14.6 Å². The van der Waals surface area contributed by atoms with Crippen molar-refractivity contribution in [1.29, 1.82) is 0 Å². The van der Waals surface area contributed by atoms with E-state index in [9.17, 15) is 0 Å². The van der Waals surface area contributed by atoms with Crippen molar-refractivity contribution in [3.8, 4) is 17.0 Å². The van der Waals surface area contributed by atoms with Crippen LogP contribution in [0.15, 0.2) is 67.6 Å². The number of aryl methyl sites for hydroxylation is 1. The quantitative estimate of drug-likeness (QED) is 0.306. The fourth-order valence-electron chi connectivity index (χ4n) is 4.17. The van der Waals surface area contributed by atoms with E-state index >= 15 is 0 Å². The predicted molar refractivity (Wildman–Crippen MR) is 132 cm³/mol. The lowest BCUT2D eigenvalue weighted by atomic mass is 10.1. The highest BCUT2D eigenvalue weighted by Gasteiger charge is 2.45. The Labute approximate surface area is 213 Å². The molecule has 0 amide bonds. The van der Waals surface area contributed by atoms with Gasteiger partial charge in [-0.3, -0.25) is 0 Å². The molecule has 0 N–H and O–H groups in total. The first kappa shape index (κ1) is 23.8. The van der Waals surface area contributed by atoms with Crippen LogP contribution in [0.25, 0.3) is 11.3 Å². The fourth-order valence-corrected chi connectivity index (χ4v) is 4.73. The molecule has 0 bridgehead atoms. The molecule has 2 unspecified atom stereocenters. The summed E-state index contributed by atoms with van der Waals surface area (Å²) in [5, 5.41) is 5.19. The maximum atomic E-state index is 6.52.